The number of phenolic OH excluding ortho intramolecular Hbond substituents is 1. The Labute approximate surface area is 240 Å². The molecule has 0 spiro atoms. The summed E-state index contributed by atoms with van der Waals surface area (Å²) in [6, 6.07) is 11.6. The highest BCUT2D eigenvalue weighted by molar-refractivity contribution is 6.01. The van der Waals surface area contributed by atoms with E-state index in [0.29, 0.717) is 31.0 Å². The Morgan fingerprint density at radius 2 is 1.62 bits per heavy atom. The van der Waals surface area contributed by atoms with E-state index in [0.717, 1.165) is 35.3 Å². The van der Waals surface area contributed by atoms with Crippen LogP contribution in [0.2, 0.25) is 0 Å². The lowest BCUT2D eigenvalue weighted by molar-refractivity contribution is 0.0963. The van der Waals surface area contributed by atoms with Crippen LogP contribution in [0.15, 0.2) is 36.4 Å². The van der Waals surface area contributed by atoms with Crippen molar-refractivity contribution in [2.24, 2.45) is 5.92 Å². The first-order chi connectivity index (χ1) is 17.8. The van der Waals surface area contributed by atoms with Gasteiger partial charge in [-0.15, -0.1) is 12.4 Å². The van der Waals surface area contributed by atoms with E-state index in [4.69, 9.17) is 15.3 Å². The molecule has 216 valence electrons. The molecule has 0 aliphatic carbocycles. The molecule has 1 heterocycles. The van der Waals surface area contributed by atoms with Crippen LogP contribution in [0.25, 0.3) is 0 Å². The quantitative estimate of drug-likeness (QED) is 0.219. The predicted octanol–water partition coefficient (Wildman–Crippen LogP) is 6.85. The van der Waals surface area contributed by atoms with Crippen molar-refractivity contribution in [1.82, 2.24) is 4.90 Å². The van der Waals surface area contributed by atoms with E-state index in [1.54, 1.807) is 0 Å². The number of benzene rings is 2. The second-order valence-corrected chi connectivity index (χ2v) is 12.6. The van der Waals surface area contributed by atoms with E-state index in [9.17, 15) is 9.90 Å². The molecule has 3 rings (SSSR count). The first kappa shape index (κ1) is 32.6. The Bertz CT molecular complexity index is 1100. The highest BCUT2D eigenvalue weighted by Gasteiger charge is 2.39. The summed E-state index contributed by atoms with van der Waals surface area (Å²) in [7, 11) is 0. The maximum Gasteiger partial charge on any atom is 0.182 e. The fourth-order valence-electron chi connectivity index (χ4n) is 5.34. The fourth-order valence-corrected chi connectivity index (χ4v) is 5.34. The number of aromatic hydroxyl groups is 1. The summed E-state index contributed by atoms with van der Waals surface area (Å²) in [4.78, 5) is 15.6. The Morgan fingerprint density at radius 1 is 1.05 bits per heavy atom. The molecular weight excluding hydrogens is 512 g/mol. The average Bonchev–Trinajstić information content (AvgIpc) is 3.13. The van der Waals surface area contributed by atoms with E-state index in [1.807, 2.05) is 82.8 Å². The van der Waals surface area contributed by atoms with E-state index < -0.39 is 0 Å². The van der Waals surface area contributed by atoms with Crippen molar-refractivity contribution in [3.05, 3.63) is 58.7 Å². The number of phenols is 1. The normalized spacial score (nSPS) is 17.7. The van der Waals surface area contributed by atoms with E-state index in [1.165, 1.54) is 0 Å². The van der Waals surface area contributed by atoms with Crippen LogP contribution in [0, 0.1) is 11.3 Å². The number of carbonyl (C=O) groups is 1. The van der Waals surface area contributed by atoms with E-state index >= 15 is 0 Å². The van der Waals surface area contributed by atoms with Gasteiger partial charge in [0.25, 0.3) is 0 Å². The molecule has 6 nitrogen and oxygen atoms in total. The van der Waals surface area contributed by atoms with Gasteiger partial charge in [-0.1, -0.05) is 67.0 Å². The largest absolute Gasteiger partial charge is 0.507 e. The van der Waals surface area contributed by atoms with Gasteiger partial charge in [0.05, 0.1) is 13.2 Å². The van der Waals surface area contributed by atoms with Crippen LogP contribution in [0.1, 0.15) is 101 Å². The number of halogens is 1. The molecule has 3 N–H and O–H groups in total. The maximum atomic E-state index is 13.6. The summed E-state index contributed by atoms with van der Waals surface area (Å²) in [5, 5.41) is 29.1. The first-order valence-corrected chi connectivity index (χ1v) is 13.9. The zero-order valence-electron chi connectivity index (χ0n) is 24.6. The lowest BCUT2D eigenvalue weighted by Crippen LogP contribution is -2.32. The SMILES string of the molecule is CCCC1CN(CC(=O)c2cc(C(C)(C)C)c(O)c(C(C)(C)C)c2)C(=N)C1c1ccc(OCCCO)cc1.Cl. The number of aliphatic hydroxyl groups is 1. The number of aliphatic hydroxyl groups excluding tert-OH is 1. The zero-order chi connectivity index (χ0) is 28.3. The topological polar surface area (TPSA) is 93.9 Å². The standard InChI is InChI=1S/C32H46N2O4.ClH/c1-8-10-22-19-34(30(33)28(22)21-11-13-24(14-12-21)38-16-9-15-35)20-27(36)23-17-25(31(2,3)4)29(37)26(18-23)32(5,6)7;/h11-14,17-18,22,28,33,35,37H,8-10,15-16,19-20H2,1-7H3;1H. The van der Waals surface area contributed by atoms with Gasteiger partial charge in [-0.05, 0) is 53.0 Å². The molecule has 1 fully saturated rings. The Balaban J connectivity index is 0.00000533. The van der Waals surface area contributed by atoms with Gasteiger partial charge in [0.2, 0.25) is 0 Å². The Kier molecular flexibility index (Phi) is 11.0. The number of rotatable bonds is 10. The molecule has 1 aliphatic rings. The number of Topliss-reactive ketones (excluding diaryl/α,β-unsaturated/α-hetero) is 1. The number of ether oxygens (including phenoxy) is 1. The number of carbonyl (C=O) groups excluding carboxylic acids is 1. The summed E-state index contributed by atoms with van der Waals surface area (Å²) in [6.07, 6.45) is 2.58. The van der Waals surface area contributed by atoms with Gasteiger partial charge in [-0.25, -0.2) is 0 Å². The lowest BCUT2D eigenvalue weighted by Gasteiger charge is -2.28. The van der Waals surface area contributed by atoms with E-state index in [-0.39, 0.29) is 59.8 Å². The molecule has 0 saturated carbocycles. The third-order valence-electron chi connectivity index (χ3n) is 7.41. The van der Waals surface area contributed by atoms with Gasteiger partial charge in [0, 0.05) is 42.2 Å². The monoisotopic (exact) mass is 558 g/mol. The van der Waals surface area contributed by atoms with E-state index in [2.05, 4.69) is 6.92 Å². The fraction of sp³-hybridized carbons (Fsp3) is 0.562. The number of amidine groups is 1. The molecule has 1 aliphatic heterocycles. The minimum absolute atomic E-state index is 0. The zero-order valence-corrected chi connectivity index (χ0v) is 25.5. The number of hydrogen-bond donors (Lipinski definition) is 3. The minimum Gasteiger partial charge on any atom is -0.507 e. The third-order valence-corrected chi connectivity index (χ3v) is 7.41. The Morgan fingerprint density at radius 3 is 2.10 bits per heavy atom. The van der Waals surface area contributed by atoms with Crippen molar-refractivity contribution in [3.63, 3.8) is 0 Å². The smallest absolute Gasteiger partial charge is 0.182 e. The van der Waals surface area contributed by atoms with Crippen LogP contribution in [0.5, 0.6) is 11.5 Å². The van der Waals surface area contributed by atoms with Crippen LogP contribution >= 0.6 is 12.4 Å². The van der Waals surface area contributed by atoms with Gasteiger partial charge in [0.15, 0.2) is 5.78 Å². The molecule has 0 amide bonds. The van der Waals surface area contributed by atoms with Crippen LogP contribution in [-0.2, 0) is 10.8 Å². The minimum atomic E-state index is -0.313. The van der Waals surface area contributed by atoms with Crippen molar-refractivity contribution in [2.45, 2.75) is 84.5 Å². The van der Waals surface area contributed by atoms with Crippen molar-refractivity contribution in [1.29, 1.82) is 5.41 Å². The number of hydrogen-bond acceptors (Lipinski definition) is 5. The van der Waals surface area contributed by atoms with Crippen molar-refractivity contribution < 1.29 is 19.7 Å². The van der Waals surface area contributed by atoms with Crippen molar-refractivity contribution in [2.75, 3.05) is 26.3 Å². The lowest BCUT2D eigenvalue weighted by atomic mass is 9.78. The highest BCUT2D eigenvalue weighted by Crippen LogP contribution is 2.41. The summed E-state index contributed by atoms with van der Waals surface area (Å²) in [5.74, 6) is 1.66. The van der Waals surface area contributed by atoms with Crippen molar-refractivity contribution >= 4 is 24.0 Å². The van der Waals surface area contributed by atoms with Crippen LogP contribution in [-0.4, -0.2) is 53.0 Å². The number of nitrogens with zero attached hydrogens (tertiary/aromatic N) is 1. The highest BCUT2D eigenvalue weighted by atomic mass is 35.5. The molecule has 0 bridgehead atoms. The van der Waals surface area contributed by atoms with Crippen LogP contribution < -0.4 is 4.74 Å². The summed E-state index contributed by atoms with van der Waals surface area (Å²) < 4.78 is 5.68. The third kappa shape index (κ3) is 7.76. The molecule has 2 atom stereocenters. The molecule has 39 heavy (non-hydrogen) atoms. The van der Waals surface area contributed by atoms with Crippen LogP contribution in [0.3, 0.4) is 0 Å². The summed E-state index contributed by atoms with van der Waals surface area (Å²) >= 11 is 0. The molecule has 0 aromatic heterocycles. The van der Waals surface area contributed by atoms with Crippen LogP contribution in [0.4, 0.5) is 0 Å². The molecule has 2 unspecified atom stereocenters. The van der Waals surface area contributed by atoms with Gasteiger partial charge < -0.3 is 19.8 Å². The van der Waals surface area contributed by atoms with Gasteiger partial charge in [-0.2, -0.15) is 0 Å². The molecule has 7 heteroatoms. The predicted molar refractivity (Wildman–Crippen MR) is 161 cm³/mol. The van der Waals surface area contributed by atoms with Gasteiger partial charge in [0.1, 0.15) is 17.3 Å². The maximum absolute atomic E-state index is 13.6. The molecular formula is C32H47ClN2O4. The first-order valence-electron chi connectivity index (χ1n) is 13.9. The summed E-state index contributed by atoms with van der Waals surface area (Å²) in [6.45, 7) is 15.8. The molecule has 0 radical (unpaired) electrons. The molecule has 2 aromatic rings. The second-order valence-electron chi connectivity index (χ2n) is 12.6. The number of likely N-dealkylation sites (tertiary alicyclic amines) is 1. The number of nitrogens with one attached hydrogen (secondary N) is 1. The summed E-state index contributed by atoms with van der Waals surface area (Å²) in [5.41, 5.74) is 2.57. The molecule has 2 aromatic carbocycles. The van der Waals surface area contributed by atoms with Gasteiger partial charge in [-0.3, -0.25) is 10.2 Å². The van der Waals surface area contributed by atoms with Gasteiger partial charge >= 0.3 is 0 Å². The Hall–Kier alpha value is -2.57. The average molecular weight is 559 g/mol. The molecule has 1 saturated heterocycles. The number of ketones is 1. The second kappa shape index (κ2) is 13.2. The van der Waals surface area contributed by atoms with Crippen molar-refractivity contribution in [3.8, 4) is 11.5 Å².